The van der Waals surface area contributed by atoms with Gasteiger partial charge in [-0.3, -0.25) is 4.79 Å². The minimum atomic E-state index is -4.78. The van der Waals surface area contributed by atoms with Crippen LogP contribution < -0.4 is 4.74 Å². The predicted molar refractivity (Wildman–Crippen MR) is 70.2 cm³/mol. The number of hydrogen-bond acceptors (Lipinski definition) is 4. The second-order valence-electron chi connectivity index (χ2n) is 4.78. The highest BCUT2D eigenvalue weighted by Crippen LogP contribution is 2.27. The molecular weight excluding hydrogens is 303 g/mol. The van der Waals surface area contributed by atoms with Gasteiger partial charge in [-0.15, -0.1) is 13.2 Å². The Morgan fingerprint density at radius 3 is 2.73 bits per heavy atom. The lowest BCUT2D eigenvalue weighted by Gasteiger charge is -2.27. The van der Waals surface area contributed by atoms with E-state index < -0.39 is 12.5 Å². The molecule has 1 amide bonds. The minimum absolute atomic E-state index is 0.0229. The van der Waals surface area contributed by atoms with Crippen LogP contribution in [-0.2, 0) is 20.8 Å². The lowest BCUT2D eigenvalue weighted by molar-refractivity contribution is -0.275. The van der Waals surface area contributed by atoms with Crippen LogP contribution >= 0.6 is 0 Å². The van der Waals surface area contributed by atoms with E-state index in [1.807, 2.05) is 0 Å². The van der Waals surface area contributed by atoms with Crippen molar-refractivity contribution in [3.63, 3.8) is 0 Å². The van der Waals surface area contributed by atoms with Crippen molar-refractivity contribution in [2.45, 2.75) is 19.0 Å². The van der Waals surface area contributed by atoms with Crippen LogP contribution in [0.4, 0.5) is 13.2 Å². The molecule has 0 aromatic heterocycles. The van der Waals surface area contributed by atoms with E-state index in [1.165, 1.54) is 30.1 Å². The van der Waals surface area contributed by atoms with Crippen molar-refractivity contribution in [2.75, 3.05) is 26.9 Å². The summed E-state index contributed by atoms with van der Waals surface area (Å²) < 4.78 is 51.5. The summed E-state index contributed by atoms with van der Waals surface area (Å²) in [6.07, 6.45) is -5.51. The molecule has 0 unspecified atom stereocenters. The van der Waals surface area contributed by atoms with Gasteiger partial charge in [0, 0.05) is 19.2 Å². The molecule has 0 aliphatic carbocycles. The Balaban J connectivity index is 2.04. The number of carbonyl (C=O) groups excluding carboxylic acids is 1. The summed E-state index contributed by atoms with van der Waals surface area (Å²) in [5, 5.41) is 0. The van der Waals surface area contributed by atoms with Crippen molar-refractivity contribution in [3.05, 3.63) is 29.8 Å². The van der Waals surface area contributed by atoms with E-state index in [9.17, 15) is 18.0 Å². The molecule has 1 saturated heterocycles. The van der Waals surface area contributed by atoms with Crippen LogP contribution in [-0.4, -0.2) is 50.1 Å². The van der Waals surface area contributed by atoms with Gasteiger partial charge in [0.15, 0.2) is 6.10 Å². The molecule has 1 aromatic rings. The molecule has 0 radical (unpaired) electrons. The van der Waals surface area contributed by atoms with Crippen LogP contribution in [0.3, 0.4) is 0 Å². The number of hydrogen-bond donors (Lipinski definition) is 0. The SMILES string of the molecule is CN(Cc1ccccc1OC(F)(F)F)C(=O)[C@@H]1COCCO1. The fraction of sp³-hybridized carbons (Fsp3) is 0.500. The fourth-order valence-corrected chi connectivity index (χ4v) is 2.07. The van der Waals surface area contributed by atoms with Gasteiger partial charge in [-0.1, -0.05) is 18.2 Å². The van der Waals surface area contributed by atoms with E-state index in [0.29, 0.717) is 13.2 Å². The number of benzene rings is 1. The van der Waals surface area contributed by atoms with Crippen molar-refractivity contribution in [3.8, 4) is 5.75 Å². The normalized spacial score (nSPS) is 18.8. The average Bonchev–Trinajstić information content (AvgIpc) is 2.48. The first-order valence-electron chi connectivity index (χ1n) is 6.65. The summed E-state index contributed by atoms with van der Waals surface area (Å²) in [6.45, 7) is 0.864. The number of ether oxygens (including phenoxy) is 3. The molecule has 22 heavy (non-hydrogen) atoms. The molecule has 0 bridgehead atoms. The number of rotatable bonds is 4. The smallest absolute Gasteiger partial charge is 0.405 e. The second kappa shape index (κ2) is 6.97. The number of para-hydroxylation sites is 1. The zero-order valence-corrected chi connectivity index (χ0v) is 11.9. The highest BCUT2D eigenvalue weighted by molar-refractivity contribution is 5.81. The van der Waals surface area contributed by atoms with Crippen LogP contribution in [0, 0.1) is 0 Å². The fourth-order valence-electron chi connectivity index (χ4n) is 2.07. The van der Waals surface area contributed by atoms with E-state index in [0.717, 1.165) is 0 Å². The van der Waals surface area contributed by atoms with Gasteiger partial charge in [0.2, 0.25) is 0 Å². The maximum atomic E-state index is 12.4. The molecule has 0 N–H and O–H groups in total. The molecule has 122 valence electrons. The minimum Gasteiger partial charge on any atom is -0.405 e. The first kappa shape index (κ1) is 16.6. The van der Waals surface area contributed by atoms with Crippen molar-refractivity contribution in [2.24, 2.45) is 0 Å². The summed E-state index contributed by atoms with van der Waals surface area (Å²) in [5.41, 5.74) is 0.257. The Hall–Kier alpha value is -1.80. The highest BCUT2D eigenvalue weighted by Gasteiger charge is 2.32. The molecule has 1 aromatic carbocycles. The third kappa shape index (κ3) is 4.60. The maximum Gasteiger partial charge on any atom is 0.573 e. The van der Waals surface area contributed by atoms with Gasteiger partial charge < -0.3 is 19.1 Å². The van der Waals surface area contributed by atoms with Crippen molar-refractivity contribution < 1.29 is 32.2 Å². The molecule has 5 nitrogen and oxygen atoms in total. The summed E-state index contributed by atoms with van der Waals surface area (Å²) in [4.78, 5) is 13.4. The average molecular weight is 319 g/mol. The van der Waals surface area contributed by atoms with Crippen LogP contribution in [0.1, 0.15) is 5.56 Å². The molecule has 2 rings (SSSR count). The zero-order chi connectivity index (χ0) is 16.2. The number of carbonyl (C=O) groups is 1. The third-order valence-electron chi connectivity index (χ3n) is 3.07. The Labute approximate surface area is 125 Å². The quantitative estimate of drug-likeness (QED) is 0.851. The predicted octanol–water partition coefficient (Wildman–Crippen LogP) is 1.96. The van der Waals surface area contributed by atoms with Gasteiger partial charge in [-0.2, -0.15) is 0 Å². The topological polar surface area (TPSA) is 48.0 Å². The van der Waals surface area contributed by atoms with Crippen LogP contribution in [0.5, 0.6) is 5.75 Å². The number of halogens is 3. The van der Waals surface area contributed by atoms with Crippen molar-refractivity contribution >= 4 is 5.91 Å². The van der Waals surface area contributed by atoms with Crippen molar-refractivity contribution in [1.82, 2.24) is 4.90 Å². The van der Waals surface area contributed by atoms with Gasteiger partial charge in [-0.05, 0) is 6.07 Å². The van der Waals surface area contributed by atoms with Crippen molar-refractivity contribution in [1.29, 1.82) is 0 Å². The van der Waals surface area contributed by atoms with E-state index in [2.05, 4.69) is 4.74 Å². The molecule has 1 heterocycles. The zero-order valence-electron chi connectivity index (χ0n) is 11.9. The Morgan fingerprint density at radius 2 is 2.09 bits per heavy atom. The second-order valence-corrected chi connectivity index (χ2v) is 4.78. The third-order valence-corrected chi connectivity index (χ3v) is 3.07. The molecule has 1 aliphatic rings. The largest absolute Gasteiger partial charge is 0.573 e. The monoisotopic (exact) mass is 319 g/mol. The molecule has 1 atom stereocenters. The maximum absolute atomic E-state index is 12.4. The Kier molecular flexibility index (Phi) is 5.25. The van der Waals surface area contributed by atoms with Gasteiger partial charge in [0.1, 0.15) is 5.75 Å². The van der Waals surface area contributed by atoms with Gasteiger partial charge in [0.25, 0.3) is 5.91 Å². The van der Waals surface area contributed by atoms with E-state index in [4.69, 9.17) is 9.47 Å². The molecule has 1 aliphatic heterocycles. The van der Waals surface area contributed by atoms with Crippen LogP contribution in [0.25, 0.3) is 0 Å². The highest BCUT2D eigenvalue weighted by atomic mass is 19.4. The lowest BCUT2D eigenvalue weighted by Crippen LogP contribution is -2.43. The lowest BCUT2D eigenvalue weighted by atomic mass is 10.2. The number of nitrogens with zero attached hydrogens (tertiary/aromatic N) is 1. The summed E-state index contributed by atoms with van der Waals surface area (Å²) in [6, 6.07) is 5.70. The first-order chi connectivity index (χ1) is 10.4. The van der Waals surface area contributed by atoms with Gasteiger partial charge >= 0.3 is 6.36 Å². The van der Waals surface area contributed by atoms with Crippen LogP contribution in [0.15, 0.2) is 24.3 Å². The summed E-state index contributed by atoms with van der Waals surface area (Å²) in [7, 11) is 1.49. The van der Waals surface area contributed by atoms with Gasteiger partial charge in [0.05, 0.1) is 19.8 Å². The molecule has 0 spiro atoms. The van der Waals surface area contributed by atoms with E-state index in [1.54, 1.807) is 6.07 Å². The summed E-state index contributed by atoms with van der Waals surface area (Å²) >= 11 is 0. The summed E-state index contributed by atoms with van der Waals surface area (Å²) in [5.74, 6) is -0.669. The number of amides is 1. The number of alkyl halides is 3. The molecule has 8 heteroatoms. The molecule has 1 fully saturated rings. The van der Waals surface area contributed by atoms with Crippen LogP contribution in [0.2, 0.25) is 0 Å². The molecular formula is C14H16F3NO4. The number of likely N-dealkylation sites (N-methyl/N-ethyl adjacent to an activating group) is 1. The first-order valence-corrected chi connectivity index (χ1v) is 6.65. The standard InChI is InChI=1S/C14H16F3NO4/c1-18(13(19)12-9-20-6-7-21-12)8-10-4-2-3-5-11(10)22-14(15,16)17/h2-5,12H,6-9H2,1H3/t12-/m0/s1. The Bertz CT molecular complexity index is 515. The van der Waals surface area contributed by atoms with E-state index in [-0.39, 0.29) is 30.4 Å². The van der Waals surface area contributed by atoms with Gasteiger partial charge in [-0.25, -0.2) is 0 Å². The van der Waals surface area contributed by atoms with E-state index >= 15 is 0 Å². The Morgan fingerprint density at radius 1 is 1.36 bits per heavy atom. The molecule has 0 saturated carbocycles.